The Balaban J connectivity index is 1.43. The molecule has 5 rings (SSSR count). The monoisotopic (exact) mass is 478 g/mol. The van der Waals surface area contributed by atoms with E-state index in [0.717, 1.165) is 44.5 Å². The molecule has 1 aliphatic rings. The lowest BCUT2D eigenvalue weighted by molar-refractivity contribution is 0.155. The van der Waals surface area contributed by atoms with Gasteiger partial charge in [0.25, 0.3) is 0 Å². The van der Waals surface area contributed by atoms with Crippen molar-refractivity contribution < 1.29 is 4.39 Å². The highest BCUT2D eigenvalue weighted by Gasteiger charge is 2.39. The van der Waals surface area contributed by atoms with E-state index in [1.807, 2.05) is 12.1 Å². The number of piperidine rings is 1. The zero-order valence-electron chi connectivity index (χ0n) is 20.8. The van der Waals surface area contributed by atoms with Crippen molar-refractivity contribution in [3.05, 3.63) is 143 Å². The van der Waals surface area contributed by atoms with Gasteiger partial charge in [-0.1, -0.05) is 103 Å². The molecule has 0 atom stereocenters. The highest BCUT2D eigenvalue weighted by molar-refractivity contribution is 5.50. The first-order chi connectivity index (χ1) is 17.7. The lowest BCUT2D eigenvalue weighted by Crippen LogP contribution is -2.48. The zero-order valence-corrected chi connectivity index (χ0v) is 20.8. The summed E-state index contributed by atoms with van der Waals surface area (Å²) in [4.78, 5) is 2.57. The van der Waals surface area contributed by atoms with Crippen LogP contribution in [0.4, 0.5) is 4.39 Å². The third-order valence-electron chi connectivity index (χ3n) is 8.24. The molecule has 2 nitrogen and oxygen atoms in total. The van der Waals surface area contributed by atoms with Crippen molar-refractivity contribution in [1.82, 2.24) is 4.90 Å². The minimum absolute atomic E-state index is 0.145. The molecule has 0 amide bonds. The van der Waals surface area contributed by atoms with Crippen molar-refractivity contribution in [3.8, 4) is 0 Å². The van der Waals surface area contributed by atoms with E-state index >= 15 is 0 Å². The number of halogens is 1. The van der Waals surface area contributed by atoms with Crippen LogP contribution in [0.3, 0.4) is 0 Å². The summed E-state index contributed by atoms with van der Waals surface area (Å²) in [6, 6.07) is 39.8. The highest BCUT2D eigenvalue weighted by atomic mass is 19.1. The van der Waals surface area contributed by atoms with Gasteiger partial charge in [-0.05, 0) is 73.3 Å². The van der Waals surface area contributed by atoms with E-state index in [0.29, 0.717) is 6.54 Å². The molecule has 0 bridgehead atoms. The van der Waals surface area contributed by atoms with E-state index in [2.05, 4.69) is 95.9 Å². The first-order valence-electron chi connectivity index (χ1n) is 13.0. The summed E-state index contributed by atoms with van der Waals surface area (Å²) in [5, 5.41) is 0. The second-order valence-electron chi connectivity index (χ2n) is 10.1. The minimum atomic E-state index is -0.241. The van der Waals surface area contributed by atoms with Gasteiger partial charge in [-0.25, -0.2) is 4.39 Å². The summed E-state index contributed by atoms with van der Waals surface area (Å²) >= 11 is 0. The molecule has 0 spiro atoms. The van der Waals surface area contributed by atoms with E-state index in [4.69, 9.17) is 5.73 Å². The number of likely N-dealkylation sites (tertiary alicyclic amines) is 1. The molecule has 0 unspecified atom stereocenters. The molecule has 184 valence electrons. The molecule has 0 radical (unpaired) electrons. The summed E-state index contributed by atoms with van der Waals surface area (Å²) in [7, 11) is 0. The van der Waals surface area contributed by atoms with Crippen molar-refractivity contribution in [3.63, 3.8) is 0 Å². The summed E-state index contributed by atoms with van der Waals surface area (Å²) in [6.45, 7) is 3.44. The summed E-state index contributed by atoms with van der Waals surface area (Å²) in [5.74, 6) is -0.180. The normalized spacial score (nSPS) is 16.1. The Morgan fingerprint density at radius 2 is 1.19 bits per heavy atom. The van der Waals surface area contributed by atoms with Crippen LogP contribution in [0, 0.1) is 5.82 Å². The topological polar surface area (TPSA) is 29.3 Å². The maximum atomic E-state index is 14.0. The van der Waals surface area contributed by atoms with Crippen LogP contribution in [0.2, 0.25) is 0 Å². The van der Waals surface area contributed by atoms with Gasteiger partial charge in [0.05, 0.1) is 0 Å². The molecule has 1 heterocycles. The van der Waals surface area contributed by atoms with E-state index in [-0.39, 0.29) is 16.6 Å². The molecule has 3 heteroatoms. The highest BCUT2D eigenvalue weighted by Crippen LogP contribution is 2.43. The van der Waals surface area contributed by atoms with Gasteiger partial charge < -0.3 is 10.6 Å². The van der Waals surface area contributed by atoms with E-state index in [9.17, 15) is 4.39 Å². The smallest absolute Gasteiger partial charge is 0.123 e. The molecular weight excluding hydrogens is 443 g/mol. The van der Waals surface area contributed by atoms with Gasteiger partial charge in [0.1, 0.15) is 5.82 Å². The van der Waals surface area contributed by atoms with Gasteiger partial charge in [0, 0.05) is 17.4 Å². The largest absolute Gasteiger partial charge is 0.330 e. The Labute approximate surface area is 214 Å². The Bertz CT molecular complexity index is 1140. The Morgan fingerprint density at radius 1 is 0.694 bits per heavy atom. The fraction of sp³-hybridized carbons (Fsp3) is 0.273. The van der Waals surface area contributed by atoms with Crippen LogP contribution in [-0.2, 0) is 10.8 Å². The maximum Gasteiger partial charge on any atom is 0.123 e. The first kappa shape index (κ1) is 24.4. The zero-order chi connectivity index (χ0) is 24.8. The van der Waals surface area contributed by atoms with Gasteiger partial charge in [0.15, 0.2) is 0 Å². The number of nitrogens with two attached hydrogens (primary N) is 1. The Morgan fingerprint density at radius 3 is 1.64 bits per heavy atom. The Hall–Kier alpha value is -3.27. The van der Waals surface area contributed by atoms with Crippen molar-refractivity contribution in [2.24, 2.45) is 5.73 Å². The Kier molecular flexibility index (Phi) is 7.31. The summed E-state index contributed by atoms with van der Waals surface area (Å²) in [6.07, 6.45) is 2.87. The quantitative estimate of drug-likeness (QED) is 0.291. The van der Waals surface area contributed by atoms with Gasteiger partial charge in [-0.15, -0.1) is 0 Å². The number of rotatable bonds is 8. The first-order valence-corrected chi connectivity index (χ1v) is 13.0. The third kappa shape index (κ3) is 4.74. The van der Waals surface area contributed by atoms with Crippen LogP contribution in [0.5, 0.6) is 0 Å². The predicted octanol–water partition coefficient (Wildman–Crippen LogP) is 6.54. The SMILES string of the molecule is NCC1(c2cccc(F)c2)CCN(CCC(c2ccccc2)(c2ccccc2)c2ccccc2)CC1. The van der Waals surface area contributed by atoms with Crippen molar-refractivity contribution >= 4 is 0 Å². The molecule has 0 aromatic heterocycles. The van der Waals surface area contributed by atoms with Crippen LogP contribution >= 0.6 is 0 Å². The minimum Gasteiger partial charge on any atom is -0.330 e. The predicted molar refractivity (Wildman–Crippen MR) is 147 cm³/mol. The van der Waals surface area contributed by atoms with Gasteiger partial charge in [0.2, 0.25) is 0 Å². The fourth-order valence-electron chi connectivity index (χ4n) is 6.06. The van der Waals surface area contributed by atoms with Crippen LogP contribution < -0.4 is 5.73 Å². The lowest BCUT2D eigenvalue weighted by atomic mass is 9.67. The number of benzene rings is 4. The molecule has 0 aliphatic carbocycles. The third-order valence-corrected chi connectivity index (χ3v) is 8.24. The average molecular weight is 479 g/mol. The van der Waals surface area contributed by atoms with Crippen LogP contribution in [0.1, 0.15) is 41.5 Å². The molecule has 1 fully saturated rings. The second kappa shape index (κ2) is 10.8. The molecule has 36 heavy (non-hydrogen) atoms. The summed E-state index contributed by atoms with van der Waals surface area (Å²) in [5.41, 5.74) is 10.9. The molecule has 0 saturated carbocycles. The van der Waals surface area contributed by atoms with Crippen LogP contribution in [0.25, 0.3) is 0 Å². The second-order valence-corrected chi connectivity index (χ2v) is 10.1. The van der Waals surface area contributed by atoms with Crippen molar-refractivity contribution in [1.29, 1.82) is 0 Å². The lowest BCUT2D eigenvalue weighted by Gasteiger charge is -2.43. The standard InChI is InChI=1S/C33H35FN2/c34-31-18-10-17-30(25-31)32(26-35)19-22-36(23-20-32)24-21-33(27-11-4-1-5-12-27,28-13-6-2-7-14-28)29-15-8-3-9-16-29/h1-18,25H,19-24,26,35H2. The van der Waals surface area contributed by atoms with Gasteiger partial charge in [-0.2, -0.15) is 0 Å². The van der Waals surface area contributed by atoms with E-state index < -0.39 is 0 Å². The van der Waals surface area contributed by atoms with Crippen LogP contribution in [-0.4, -0.2) is 31.1 Å². The van der Waals surface area contributed by atoms with Gasteiger partial charge in [-0.3, -0.25) is 0 Å². The van der Waals surface area contributed by atoms with E-state index in [1.165, 1.54) is 22.8 Å². The number of hydrogen-bond acceptors (Lipinski definition) is 2. The van der Waals surface area contributed by atoms with E-state index in [1.54, 1.807) is 6.07 Å². The van der Waals surface area contributed by atoms with Crippen molar-refractivity contribution in [2.75, 3.05) is 26.2 Å². The fourth-order valence-corrected chi connectivity index (χ4v) is 6.06. The summed E-state index contributed by atoms with van der Waals surface area (Å²) < 4.78 is 14.0. The molecular formula is C33H35FN2. The molecule has 2 N–H and O–H groups in total. The molecule has 1 aliphatic heterocycles. The number of hydrogen-bond donors (Lipinski definition) is 1. The average Bonchev–Trinajstić information content (AvgIpc) is 2.95. The maximum absolute atomic E-state index is 14.0. The molecule has 4 aromatic rings. The van der Waals surface area contributed by atoms with Crippen molar-refractivity contribution in [2.45, 2.75) is 30.1 Å². The van der Waals surface area contributed by atoms with Gasteiger partial charge >= 0.3 is 0 Å². The van der Waals surface area contributed by atoms with Crippen LogP contribution in [0.15, 0.2) is 115 Å². The molecule has 4 aromatic carbocycles. The number of nitrogens with zero attached hydrogens (tertiary/aromatic N) is 1. The molecule has 1 saturated heterocycles.